The third-order valence-corrected chi connectivity index (χ3v) is 4.19. The van der Waals surface area contributed by atoms with E-state index in [1.54, 1.807) is 0 Å². The highest BCUT2D eigenvalue weighted by atomic mass is 19.1. The molecule has 0 heterocycles. The molecule has 1 aromatic rings. The fraction of sp³-hybridized carbons (Fsp3) is 0.529. The summed E-state index contributed by atoms with van der Waals surface area (Å²) in [4.78, 5) is 23.7. The van der Waals surface area contributed by atoms with Crippen molar-refractivity contribution in [3.8, 4) is 5.75 Å². The van der Waals surface area contributed by atoms with E-state index in [0.717, 1.165) is 25.3 Å². The number of hydrogen-bond donors (Lipinski definition) is 1. The molecule has 0 saturated heterocycles. The molecule has 0 spiro atoms. The third-order valence-electron chi connectivity index (χ3n) is 4.19. The first-order chi connectivity index (χ1) is 11.0. The number of benzene rings is 1. The van der Waals surface area contributed by atoms with Crippen molar-refractivity contribution in [3.05, 3.63) is 29.6 Å². The van der Waals surface area contributed by atoms with E-state index >= 15 is 0 Å². The van der Waals surface area contributed by atoms with Gasteiger partial charge in [-0.3, -0.25) is 4.79 Å². The summed E-state index contributed by atoms with van der Waals surface area (Å²) in [5.74, 6) is -1.23. The number of amides is 1. The number of esters is 1. The van der Waals surface area contributed by atoms with Gasteiger partial charge in [-0.1, -0.05) is 19.8 Å². The Hall–Kier alpha value is -2.11. The number of methoxy groups -OCH3 is 1. The summed E-state index contributed by atoms with van der Waals surface area (Å²) in [7, 11) is 1.41. The number of halogens is 1. The summed E-state index contributed by atoms with van der Waals surface area (Å²) in [6.07, 6.45) is 4.29. The maximum Gasteiger partial charge on any atom is 0.341 e. The van der Waals surface area contributed by atoms with Crippen LogP contribution in [0.5, 0.6) is 5.75 Å². The van der Waals surface area contributed by atoms with Gasteiger partial charge in [-0.15, -0.1) is 0 Å². The van der Waals surface area contributed by atoms with Crippen LogP contribution in [0.2, 0.25) is 0 Å². The van der Waals surface area contributed by atoms with E-state index in [0.29, 0.717) is 11.7 Å². The number of ether oxygens (including phenoxy) is 2. The van der Waals surface area contributed by atoms with Crippen molar-refractivity contribution in [2.24, 2.45) is 5.92 Å². The van der Waals surface area contributed by atoms with Crippen LogP contribution in [0.3, 0.4) is 0 Å². The molecule has 1 amide bonds. The van der Waals surface area contributed by atoms with E-state index in [1.165, 1.54) is 25.7 Å². The van der Waals surface area contributed by atoms with E-state index in [1.807, 2.05) is 0 Å². The minimum atomic E-state index is -0.864. The number of nitrogens with one attached hydrogen (secondary N) is 1. The van der Waals surface area contributed by atoms with Crippen LogP contribution in [0.4, 0.5) is 4.39 Å². The molecule has 0 radical (unpaired) electrons. The molecule has 2 atom stereocenters. The maximum atomic E-state index is 13.8. The second-order valence-corrected chi connectivity index (χ2v) is 5.86. The first-order valence-electron chi connectivity index (χ1n) is 7.81. The summed E-state index contributed by atoms with van der Waals surface area (Å²) in [5, 5.41) is 2.88. The third kappa shape index (κ3) is 4.68. The minimum Gasteiger partial charge on any atom is -0.497 e. The molecule has 1 aliphatic rings. The van der Waals surface area contributed by atoms with Crippen LogP contribution in [0, 0.1) is 11.7 Å². The Balaban J connectivity index is 1.85. The fourth-order valence-corrected chi connectivity index (χ4v) is 2.78. The quantitative estimate of drug-likeness (QED) is 0.846. The predicted octanol–water partition coefficient (Wildman–Crippen LogP) is 2.69. The minimum absolute atomic E-state index is 0.118. The molecule has 6 heteroatoms. The van der Waals surface area contributed by atoms with Gasteiger partial charge >= 0.3 is 5.97 Å². The van der Waals surface area contributed by atoms with Gasteiger partial charge in [-0.05, 0) is 30.9 Å². The van der Waals surface area contributed by atoms with Crippen LogP contribution < -0.4 is 10.1 Å². The van der Waals surface area contributed by atoms with Crippen LogP contribution in [0.1, 0.15) is 43.0 Å². The molecular weight excluding hydrogens is 301 g/mol. The second kappa shape index (κ2) is 7.94. The Bertz CT molecular complexity index is 576. The smallest absolute Gasteiger partial charge is 0.341 e. The van der Waals surface area contributed by atoms with Gasteiger partial charge in [0.2, 0.25) is 0 Å². The van der Waals surface area contributed by atoms with Crippen LogP contribution in [0.15, 0.2) is 18.2 Å². The number of hydrogen-bond acceptors (Lipinski definition) is 4. The zero-order valence-corrected chi connectivity index (χ0v) is 13.4. The molecule has 0 bridgehead atoms. The van der Waals surface area contributed by atoms with E-state index in [-0.39, 0.29) is 17.5 Å². The molecule has 5 nitrogen and oxygen atoms in total. The molecule has 23 heavy (non-hydrogen) atoms. The summed E-state index contributed by atoms with van der Waals surface area (Å²) < 4.78 is 23.5. The highest BCUT2D eigenvalue weighted by Gasteiger charge is 2.23. The van der Waals surface area contributed by atoms with E-state index in [2.05, 4.69) is 12.2 Å². The first kappa shape index (κ1) is 17.2. The average Bonchev–Trinajstić information content (AvgIpc) is 2.54. The number of carbonyl (C=O) groups excluding carboxylic acids is 2. The zero-order valence-electron chi connectivity index (χ0n) is 13.4. The second-order valence-electron chi connectivity index (χ2n) is 5.86. The lowest BCUT2D eigenvalue weighted by molar-refractivity contribution is -0.125. The molecule has 0 unspecified atom stereocenters. The van der Waals surface area contributed by atoms with Crippen LogP contribution in [-0.2, 0) is 9.53 Å². The summed E-state index contributed by atoms with van der Waals surface area (Å²) in [5.41, 5.74) is -0.218. The molecule has 1 saturated carbocycles. The molecule has 1 aromatic carbocycles. The zero-order chi connectivity index (χ0) is 16.8. The molecule has 1 aliphatic carbocycles. The molecule has 1 N–H and O–H groups in total. The molecular formula is C17H22FNO4. The van der Waals surface area contributed by atoms with Gasteiger partial charge in [0.15, 0.2) is 6.61 Å². The fourth-order valence-electron chi connectivity index (χ4n) is 2.78. The monoisotopic (exact) mass is 323 g/mol. The molecule has 0 aliphatic heterocycles. The van der Waals surface area contributed by atoms with Crippen molar-refractivity contribution in [1.29, 1.82) is 0 Å². The SMILES string of the molecule is COc1ccc(C(=O)OCC(=O)N[C@@H]2CCCC[C@@H]2C)c(F)c1. The Kier molecular flexibility index (Phi) is 5.96. The van der Waals surface area contributed by atoms with Gasteiger partial charge in [0.05, 0.1) is 12.7 Å². The average molecular weight is 323 g/mol. The summed E-state index contributed by atoms with van der Waals surface area (Å²) in [6.45, 7) is 1.69. The van der Waals surface area contributed by atoms with E-state index in [9.17, 15) is 14.0 Å². The number of rotatable bonds is 5. The van der Waals surface area contributed by atoms with Crippen molar-refractivity contribution in [3.63, 3.8) is 0 Å². The van der Waals surface area contributed by atoms with Gasteiger partial charge in [-0.25, -0.2) is 9.18 Å². The van der Waals surface area contributed by atoms with E-state index < -0.39 is 18.4 Å². The van der Waals surface area contributed by atoms with Gasteiger partial charge in [0.1, 0.15) is 11.6 Å². The first-order valence-corrected chi connectivity index (χ1v) is 7.81. The van der Waals surface area contributed by atoms with Crippen LogP contribution >= 0.6 is 0 Å². The normalized spacial score (nSPS) is 20.7. The van der Waals surface area contributed by atoms with Crippen molar-refractivity contribution < 1.29 is 23.5 Å². The molecule has 126 valence electrons. The molecule has 0 aromatic heterocycles. The lowest BCUT2D eigenvalue weighted by Crippen LogP contribution is -2.42. The van der Waals surface area contributed by atoms with E-state index in [4.69, 9.17) is 9.47 Å². The predicted molar refractivity (Wildman–Crippen MR) is 82.8 cm³/mol. The lowest BCUT2D eigenvalue weighted by Gasteiger charge is -2.29. The van der Waals surface area contributed by atoms with Crippen LogP contribution in [-0.4, -0.2) is 31.6 Å². The summed E-state index contributed by atoms with van der Waals surface area (Å²) >= 11 is 0. The van der Waals surface area contributed by atoms with Crippen molar-refractivity contribution in [1.82, 2.24) is 5.32 Å². The van der Waals surface area contributed by atoms with Crippen molar-refractivity contribution >= 4 is 11.9 Å². The van der Waals surface area contributed by atoms with Crippen LogP contribution in [0.25, 0.3) is 0 Å². The summed E-state index contributed by atoms with van der Waals surface area (Å²) in [6, 6.07) is 3.95. The Labute approximate surface area is 135 Å². The standard InChI is InChI=1S/C17H22FNO4/c1-11-5-3-4-6-15(11)19-16(20)10-23-17(21)13-8-7-12(22-2)9-14(13)18/h7-9,11,15H,3-6,10H2,1-2H3,(H,19,20)/t11-,15+/m0/s1. The Morgan fingerprint density at radius 3 is 2.70 bits per heavy atom. The van der Waals surface area contributed by atoms with Crippen molar-refractivity contribution in [2.45, 2.75) is 38.6 Å². The molecule has 2 rings (SSSR count). The highest BCUT2D eigenvalue weighted by Crippen LogP contribution is 2.23. The molecule has 1 fully saturated rings. The van der Waals surface area contributed by atoms with Gasteiger partial charge in [0, 0.05) is 12.1 Å². The van der Waals surface area contributed by atoms with Gasteiger partial charge < -0.3 is 14.8 Å². The van der Waals surface area contributed by atoms with Crippen molar-refractivity contribution in [2.75, 3.05) is 13.7 Å². The lowest BCUT2D eigenvalue weighted by atomic mass is 9.86. The number of carbonyl (C=O) groups is 2. The highest BCUT2D eigenvalue weighted by molar-refractivity contribution is 5.91. The van der Waals surface area contributed by atoms with Gasteiger partial charge in [-0.2, -0.15) is 0 Å². The largest absolute Gasteiger partial charge is 0.497 e. The van der Waals surface area contributed by atoms with Gasteiger partial charge in [0.25, 0.3) is 5.91 Å². The Morgan fingerprint density at radius 2 is 2.04 bits per heavy atom. The maximum absolute atomic E-state index is 13.8. The Morgan fingerprint density at radius 1 is 1.30 bits per heavy atom. The topological polar surface area (TPSA) is 64.6 Å².